The van der Waals surface area contributed by atoms with Gasteiger partial charge in [0.05, 0.1) is 13.2 Å². The zero-order valence-corrected chi connectivity index (χ0v) is 12.6. The first-order valence-corrected chi connectivity index (χ1v) is 7.49. The fourth-order valence-electron chi connectivity index (χ4n) is 2.55. The largest absolute Gasteiger partial charge is 0.395 e. The highest BCUT2D eigenvalue weighted by Gasteiger charge is 2.25. The molecule has 5 nitrogen and oxygen atoms in total. The van der Waals surface area contributed by atoms with Gasteiger partial charge in [-0.1, -0.05) is 33.2 Å². The van der Waals surface area contributed by atoms with Crippen LogP contribution in [0.25, 0.3) is 11.4 Å². The van der Waals surface area contributed by atoms with Crippen LogP contribution < -0.4 is 0 Å². The zero-order valence-electron chi connectivity index (χ0n) is 11.0. The Morgan fingerprint density at radius 1 is 1.45 bits per heavy atom. The van der Waals surface area contributed by atoms with Crippen LogP contribution in [0.5, 0.6) is 0 Å². The Hall–Kier alpha value is -1.24. The van der Waals surface area contributed by atoms with Gasteiger partial charge in [0.25, 0.3) is 0 Å². The van der Waals surface area contributed by atoms with Crippen LogP contribution in [0.15, 0.2) is 33.3 Å². The van der Waals surface area contributed by atoms with Crippen molar-refractivity contribution >= 4 is 15.9 Å². The van der Waals surface area contributed by atoms with Crippen LogP contribution in [-0.2, 0) is 6.54 Å². The standard InChI is InChI=1S/C14H16BrN3O2/c15-11-4-1-3-10(7-11)14-16-13(20-17-14)8-18-6-2-5-12(18)9-19/h1,3-4,7,12,19H,2,5-6,8-9H2/t12-/m0/s1. The van der Waals surface area contributed by atoms with Gasteiger partial charge in [0, 0.05) is 16.1 Å². The molecule has 1 aromatic heterocycles. The summed E-state index contributed by atoms with van der Waals surface area (Å²) in [6, 6.07) is 8.03. The lowest BCUT2D eigenvalue weighted by Crippen LogP contribution is -2.31. The molecule has 0 saturated carbocycles. The van der Waals surface area contributed by atoms with Crippen LogP contribution in [0.3, 0.4) is 0 Å². The van der Waals surface area contributed by atoms with E-state index in [1.54, 1.807) is 0 Å². The summed E-state index contributed by atoms with van der Waals surface area (Å²) in [4.78, 5) is 6.62. The molecule has 2 heterocycles. The van der Waals surface area contributed by atoms with E-state index in [2.05, 4.69) is 31.0 Å². The molecule has 0 unspecified atom stereocenters. The number of halogens is 1. The van der Waals surface area contributed by atoms with E-state index in [0.29, 0.717) is 18.3 Å². The maximum atomic E-state index is 9.31. The first-order valence-electron chi connectivity index (χ1n) is 6.69. The molecule has 1 aliphatic rings. The third kappa shape index (κ3) is 2.92. The summed E-state index contributed by atoms with van der Waals surface area (Å²) in [6.07, 6.45) is 2.14. The third-order valence-corrected chi connectivity index (χ3v) is 4.09. The van der Waals surface area contributed by atoms with Crippen LogP contribution in [-0.4, -0.2) is 39.3 Å². The number of aromatic nitrogens is 2. The molecular formula is C14H16BrN3O2. The fourth-order valence-corrected chi connectivity index (χ4v) is 2.95. The average Bonchev–Trinajstić information content (AvgIpc) is 3.08. The molecule has 0 bridgehead atoms. The zero-order chi connectivity index (χ0) is 13.9. The van der Waals surface area contributed by atoms with Crippen molar-refractivity contribution < 1.29 is 9.63 Å². The molecular weight excluding hydrogens is 322 g/mol. The Morgan fingerprint density at radius 2 is 2.35 bits per heavy atom. The number of aliphatic hydroxyl groups excluding tert-OH is 1. The molecule has 1 saturated heterocycles. The quantitative estimate of drug-likeness (QED) is 0.928. The van der Waals surface area contributed by atoms with Gasteiger partial charge >= 0.3 is 0 Å². The van der Waals surface area contributed by atoms with Crippen molar-refractivity contribution in [3.8, 4) is 11.4 Å². The van der Waals surface area contributed by atoms with Crippen molar-refractivity contribution in [3.63, 3.8) is 0 Å². The molecule has 0 radical (unpaired) electrons. The van der Waals surface area contributed by atoms with Crippen molar-refractivity contribution in [2.24, 2.45) is 0 Å². The summed E-state index contributed by atoms with van der Waals surface area (Å²) >= 11 is 3.43. The molecule has 1 N–H and O–H groups in total. The molecule has 1 fully saturated rings. The summed E-state index contributed by atoms with van der Waals surface area (Å²) < 4.78 is 6.30. The van der Waals surface area contributed by atoms with Gasteiger partial charge in [-0.15, -0.1) is 0 Å². The van der Waals surface area contributed by atoms with Gasteiger partial charge in [0.15, 0.2) is 0 Å². The van der Waals surface area contributed by atoms with E-state index in [1.807, 2.05) is 24.3 Å². The second-order valence-corrected chi connectivity index (χ2v) is 5.89. The summed E-state index contributed by atoms with van der Waals surface area (Å²) in [5, 5.41) is 13.3. The van der Waals surface area contributed by atoms with Crippen LogP contribution in [0.1, 0.15) is 18.7 Å². The Labute approximate surface area is 125 Å². The Balaban J connectivity index is 1.74. The number of nitrogens with zero attached hydrogens (tertiary/aromatic N) is 3. The summed E-state index contributed by atoms with van der Waals surface area (Å²) in [5.41, 5.74) is 0.925. The minimum Gasteiger partial charge on any atom is -0.395 e. The minimum absolute atomic E-state index is 0.187. The first-order chi connectivity index (χ1) is 9.76. The highest BCUT2D eigenvalue weighted by Crippen LogP contribution is 2.22. The van der Waals surface area contributed by atoms with Crippen molar-refractivity contribution in [1.29, 1.82) is 0 Å². The van der Waals surface area contributed by atoms with Crippen molar-refractivity contribution in [2.75, 3.05) is 13.2 Å². The lowest BCUT2D eigenvalue weighted by atomic mass is 10.2. The highest BCUT2D eigenvalue weighted by atomic mass is 79.9. The minimum atomic E-state index is 0.187. The maximum absolute atomic E-state index is 9.31. The van der Waals surface area contributed by atoms with Gasteiger partial charge in [0.1, 0.15) is 0 Å². The predicted molar refractivity (Wildman–Crippen MR) is 78.0 cm³/mol. The van der Waals surface area contributed by atoms with Gasteiger partial charge in [0.2, 0.25) is 11.7 Å². The van der Waals surface area contributed by atoms with E-state index < -0.39 is 0 Å². The molecule has 1 aromatic carbocycles. The van der Waals surface area contributed by atoms with Crippen LogP contribution in [0, 0.1) is 0 Å². The maximum Gasteiger partial charge on any atom is 0.241 e. The molecule has 3 rings (SSSR count). The molecule has 1 atom stereocenters. The fraction of sp³-hybridized carbons (Fsp3) is 0.429. The van der Waals surface area contributed by atoms with Gasteiger partial charge < -0.3 is 9.63 Å². The Morgan fingerprint density at radius 3 is 3.15 bits per heavy atom. The van der Waals surface area contributed by atoms with E-state index in [-0.39, 0.29) is 12.6 Å². The monoisotopic (exact) mass is 337 g/mol. The van der Waals surface area contributed by atoms with Gasteiger partial charge in [-0.25, -0.2) is 0 Å². The highest BCUT2D eigenvalue weighted by molar-refractivity contribution is 9.10. The Kier molecular flexibility index (Phi) is 4.14. The molecule has 1 aliphatic heterocycles. The number of rotatable bonds is 4. The number of hydrogen-bond donors (Lipinski definition) is 1. The first kappa shape index (κ1) is 13.7. The topological polar surface area (TPSA) is 62.4 Å². The van der Waals surface area contributed by atoms with E-state index in [0.717, 1.165) is 29.4 Å². The van der Waals surface area contributed by atoms with Crippen molar-refractivity contribution in [2.45, 2.75) is 25.4 Å². The van der Waals surface area contributed by atoms with E-state index >= 15 is 0 Å². The van der Waals surface area contributed by atoms with E-state index in [4.69, 9.17) is 4.52 Å². The number of likely N-dealkylation sites (tertiary alicyclic amines) is 1. The van der Waals surface area contributed by atoms with Gasteiger partial charge in [-0.2, -0.15) is 4.98 Å². The predicted octanol–water partition coefficient (Wildman–Crippen LogP) is 2.46. The van der Waals surface area contributed by atoms with Crippen LogP contribution in [0.4, 0.5) is 0 Å². The summed E-state index contributed by atoms with van der Waals surface area (Å²) in [5.74, 6) is 1.20. The third-order valence-electron chi connectivity index (χ3n) is 3.60. The lowest BCUT2D eigenvalue weighted by molar-refractivity contribution is 0.141. The second-order valence-electron chi connectivity index (χ2n) is 4.97. The molecule has 106 valence electrons. The lowest BCUT2D eigenvalue weighted by Gasteiger charge is -2.20. The van der Waals surface area contributed by atoms with Gasteiger partial charge in [-0.3, -0.25) is 4.90 Å². The Bertz CT molecular complexity index is 587. The summed E-state index contributed by atoms with van der Waals surface area (Å²) in [7, 11) is 0. The molecule has 0 amide bonds. The van der Waals surface area contributed by atoms with Crippen molar-refractivity contribution in [3.05, 3.63) is 34.6 Å². The van der Waals surface area contributed by atoms with Gasteiger partial charge in [-0.05, 0) is 31.5 Å². The summed E-state index contributed by atoms with van der Waals surface area (Å²) in [6.45, 7) is 1.76. The molecule has 2 aromatic rings. The second kappa shape index (κ2) is 6.03. The van der Waals surface area contributed by atoms with Crippen LogP contribution >= 0.6 is 15.9 Å². The average molecular weight is 338 g/mol. The number of benzene rings is 1. The van der Waals surface area contributed by atoms with Crippen molar-refractivity contribution in [1.82, 2.24) is 15.0 Å². The molecule has 6 heteroatoms. The smallest absolute Gasteiger partial charge is 0.241 e. The molecule has 0 aliphatic carbocycles. The number of hydrogen-bond acceptors (Lipinski definition) is 5. The molecule has 0 spiro atoms. The SMILES string of the molecule is OC[C@@H]1CCCN1Cc1nc(-c2cccc(Br)c2)no1. The van der Waals surface area contributed by atoms with Crippen LogP contribution in [0.2, 0.25) is 0 Å². The molecule has 20 heavy (non-hydrogen) atoms. The van der Waals surface area contributed by atoms with E-state index in [1.165, 1.54) is 0 Å². The number of aliphatic hydroxyl groups is 1. The van der Waals surface area contributed by atoms with E-state index in [9.17, 15) is 5.11 Å². The normalized spacial score (nSPS) is 19.6.